The first-order valence-electron chi connectivity index (χ1n) is 12.5. The lowest BCUT2D eigenvalue weighted by atomic mass is 10.1. The molecule has 36 heavy (non-hydrogen) atoms. The highest BCUT2D eigenvalue weighted by Gasteiger charge is 2.23. The fraction of sp³-hybridized carbons (Fsp3) is 0.440. The van der Waals surface area contributed by atoms with E-state index >= 15 is 0 Å². The molecule has 0 saturated carbocycles. The van der Waals surface area contributed by atoms with Crippen molar-refractivity contribution in [2.75, 3.05) is 71.8 Å². The van der Waals surface area contributed by atoms with Gasteiger partial charge in [-0.05, 0) is 37.8 Å². The van der Waals surface area contributed by atoms with Crippen molar-refractivity contribution in [2.45, 2.75) is 25.7 Å². The molecule has 11 nitrogen and oxygen atoms in total. The van der Waals surface area contributed by atoms with Crippen molar-refractivity contribution >= 4 is 34.6 Å². The molecule has 3 aliphatic heterocycles. The molecule has 0 atom stereocenters. The number of anilines is 6. The standard InChI is InChI=1S/C25H29N7O4/c33-23-21(22(24(23)34)28-16-5-6-17-18(13-16)36-15-35-17)27-8-7-26-19-14-20(31-9-1-2-10-31)30-25(29-19)32-11-3-4-12-32/h5-6,13-14,27-28H,1-4,7-12,15H2,(H,26,29,30). The van der Waals surface area contributed by atoms with E-state index in [1.54, 1.807) is 18.2 Å². The molecular formula is C25H29N7O4. The summed E-state index contributed by atoms with van der Waals surface area (Å²) in [6, 6.07) is 7.28. The molecule has 2 aromatic carbocycles. The summed E-state index contributed by atoms with van der Waals surface area (Å²) in [6.07, 6.45) is 4.68. The highest BCUT2D eigenvalue weighted by atomic mass is 16.7. The minimum atomic E-state index is -0.538. The van der Waals surface area contributed by atoms with Crippen LogP contribution in [0.1, 0.15) is 25.7 Å². The minimum Gasteiger partial charge on any atom is -0.454 e. The largest absolute Gasteiger partial charge is 0.454 e. The van der Waals surface area contributed by atoms with Gasteiger partial charge in [0.15, 0.2) is 11.5 Å². The molecule has 0 unspecified atom stereocenters. The van der Waals surface area contributed by atoms with Crippen LogP contribution in [0.3, 0.4) is 0 Å². The maximum atomic E-state index is 12.2. The maximum absolute atomic E-state index is 12.2. The average Bonchev–Trinajstić information content (AvgIpc) is 3.69. The van der Waals surface area contributed by atoms with Crippen LogP contribution in [0.25, 0.3) is 0 Å². The summed E-state index contributed by atoms with van der Waals surface area (Å²) in [7, 11) is 0. The highest BCUT2D eigenvalue weighted by Crippen LogP contribution is 2.35. The number of nitrogens with one attached hydrogen (secondary N) is 3. The van der Waals surface area contributed by atoms with Gasteiger partial charge in [-0.25, -0.2) is 0 Å². The average molecular weight is 492 g/mol. The van der Waals surface area contributed by atoms with Gasteiger partial charge < -0.3 is 35.2 Å². The van der Waals surface area contributed by atoms with E-state index in [-0.39, 0.29) is 18.2 Å². The predicted octanol–water partition coefficient (Wildman–Crippen LogP) is 2.27. The third-order valence-electron chi connectivity index (χ3n) is 6.80. The van der Waals surface area contributed by atoms with Crippen LogP contribution in [0.4, 0.5) is 34.6 Å². The van der Waals surface area contributed by atoms with E-state index in [9.17, 15) is 9.59 Å². The first-order valence-corrected chi connectivity index (χ1v) is 12.5. The van der Waals surface area contributed by atoms with E-state index in [0.29, 0.717) is 30.3 Å². The second-order valence-corrected chi connectivity index (χ2v) is 9.25. The van der Waals surface area contributed by atoms with Crippen molar-refractivity contribution in [1.82, 2.24) is 9.97 Å². The fourth-order valence-corrected chi connectivity index (χ4v) is 4.86. The summed E-state index contributed by atoms with van der Waals surface area (Å²) < 4.78 is 10.7. The second-order valence-electron chi connectivity index (χ2n) is 9.25. The molecule has 2 saturated heterocycles. The Balaban J connectivity index is 1.10. The number of fused-ring (bicyclic) bond motifs is 1. The van der Waals surface area contributed by atoms with Gasteiger partial charge >= 0.3 is 0 Å². The van der Waals surface area contributed by atoms with Crippen LogP contribution in [0, 0.1) is 0 Å². The van der Waals surface area contributed by atoms with Gasteiger partial charge in [0.1, 0.15) is 23.0 Å². The molecular weight excluding hydrogens is 462 g/mol. The van der Waals surface area contributed by atoms with Crippen LogP contribution in [0.5, 0.6) is 11.5 Å². The molecule has 11 heteroatoms. The summed E-state index contributed by atoms with van der Waals surface area (Å²) in [5.74, 6) is 3.74. The van der Waals surface area contributed by atoms with Crippen molar-refractivity contribution in [2.24, 2.45) is 0 Å². The zero-order chi connectivity index (χ0) is 24.5. The Hall–Kier alpha value is -4.02. The van der Waals surface area contributed by atoms with E-state index in [1.165, 1.54) is 12.8 Å². The first-order chi connectivity index (χ1) is 17.7. The van der Waals surface area contributed by atoms with Gasteiger partial charge in [0.25, 0.3) is 10.9 Å². The van der Waals surface area contributed by atoms with Crippen molar-refractivity contribution in [3.8, 4) is 11.5 Å². The van der Waals surface area contributed by atoms with E-state index in [2.05, 4.69) is 25.8 Å². The zero-order valence-corrected chi connectivity index (χ0v) is 20.0. The van der Waals surface area contributed by atoms with Crippen LogP contribution in [-0.4, -0.2) is 56.0 Å². The molecule has 0 bridgehead atoms. The van der Waals surface area contributed by atoms with Gasteiger partial charge in [-0.2, -0.15) is 9.97 Å². The predicted molar refractivity (Wildman–Crippen MR) is 139 cm³/mol. The van der Waals surface area contributed by atoms with Crippen LogP contribution in [0.2, 0.25) is 0 Å². The Morgan fingerprint density at radius 1 is 0.778 bits per heavy atom. The topological polar surface area (TPSA) is 121 Å². The number of rotatable bonds is 9. The van der Waals surface area contributed by atoms with E-state index in [1.807, 2.05) is 6.07 Å². The van der Waals surface area contributed by atoms with Crippen molar-refractivity contribution in [3.05, 3.63) is 44.7 Å². The van der Waals surface area contributed by atoms with Crippen LogP contribution in [-0.2, 0) is 0 Å². The summed E-state index contributed by atoms with van der Waals surface area (Å²) in [5, 5.41) is 9.49. The SMILES string of the molecule is O=c1c(NCCNc2cc(N3CCCC3)nc(N3CCCC3)n2)c(Nc2ccc3c(c2)OCO3)c1=O. The molecule has 4 heterocycles. The van der Waals surface area contributed by atoms with Crippen molar-refractivity contribution in [3.63, 3.8) is 0 Å². The number of benzene rings is 1. The number of nitrogens with zero attached hydrogens (tertiary/aromatic N) is 4. The van der Waals surface area contributed by atoms with E-state index in [0.717, 1.165) is 56.6 Å². The Morgan fingerprint density at radius 3 is 2.28 bits per heavy atom. The number of ether oxygens (including phenoxy) is 2. The molecule has 3 aromatic rings. The molecule has 3 N–H and O–H groups in total. The first kappa shape index (κ1) is 22.4. The lowest BCUT2D eigenvalue weighted by Crippen LogP contribution is -2.37. The van der Waals surface area contributed by atoms with E-state index < -0.39 is 10.9 Å². The van der Waals surface area contributed by atoms with Crippen molar-refractivity contribution in [1.29, 1.82) is 0 Å². The third kappa shape index (κ3) is 4.36. The number of aromatic nitrogens is 2. The van der Waals surface area contributed by atoms with Gasteiger partial charge in [-0.3, -0.25) is 9.59 Å². The van der Waals surface area contributed by atoms with Gasteiger partial charge in [-0.1, -0.05) is 0 Å². The van der Waals surface area contributed by atoms with Crippen molar-refractivity contribution < 1.29 is 9.47 Å². The minimum absolute atomic E-state index is 0.171. The van der Waals surface area contributed by atoms with Crippen LogP contribution in [0.15, 0.2) is 33.9 Å². The molecule has 0 amide bonds. The van der Waals surface area contributed by atoms with Gasteiger partial charge in [0.05, 0.1) is 0 Å². The van der Waals surface area contributed by atoms with Crippen LogP contribution >= 0.6 is 0 Å². The van der Waals surface area contributed by atoms with Gasteiger partial charge in [0.2, 0.25) is 12.7 Å². The highest BCUT2D eigenvalue weighted by molar-refractivity contribution is 5.79. The second kappa shape index (κ2) is 9.56. The van der Waals surface area contributed by atoms with Gasteiger partial charge in [0, 0.05) is 57.1 Å². The molecule has 2 fully saturated rings. The molecule has 0 spiro atoms. The quantitative estimate of drug-likeness (QED) is 0.302. The lowest BCUT2D eigenvalue weighted by Gasteiger charge is -2.22. The normalized spacial score (nSPS) is 16.7. The maximum Gasteiger partial charge on any atom is 0.253 e. The van der Waals surface area contributed by atoms with E-state index in [4.69, 9.17) is 19.4 Å². The monoisotopic (exact) mass is 491 g/mol. The number of hydrogen-bond donors (Lipinski definition) is 3. The van der Waals surface area contributed by atoms with Gasteiger partial charge in [-0.15, -0.1) is 0 Å². The molecule has 188 valence electrons. The Kier molecular flexibility index (Phi) is 5.96. The Morgan fingerprint density at radius 2 is 1.47 bits per heavy atom. The Labute approximate surface area is 208 Å². The smallest absolute Gasteiger partial charge is 0.253 e. The third-order valence-corrected chi connectivity index (χ3v) is 6.80. The molecule has 0 radical (unpaired) electrons. The molecule has 1 aromatic heterocycles. The molecule has 0 aliphatic carbocycles. The zero-order valence-electron chi connectivity index (χ0n) is 20.0. The summed E-state index contributed by atoms with van der Waals surface area (Å²) in [6.45, 7) is 5.13. The summed E-state index contributed by atoms with van der Waals surface area (Å²) in [5.41, 5.74) is 0.140. The fourth-order valence-electron chi connectivity index (χ4n) is 4.86. The molecule has 6 rings (SSSR count). The molecule has 3 aliphatic rings. The lowest BCUT2D eigenvalue weighted by molar-refractivity contribution is 0.174. The number of hydrogen-bond acceptors (Lipinski definition) is 11. The summed E-state index contributed by atoms with van der Waals surface area (Å²) >= 11 is 0. The summed E-state index contributed by atoms with van der Waals surface area (Å²) in [4.78, 5) is 38.5. The Bertz CT molecular complexity index is 1290. The van der Waals surface area contributed by atoms with Crippen LogP contribution < -0.4 is 46.1 Å².